The van der Waals surface area contributed by atoms with Crippen molar-refractivity contribution >= 4 is 33.5 Å². The van der Waals surface area contributed by atoms with Gasteiger partial charge in [0.15, 0.2) is 5.82 Å². The third-order valence-corrected chi connectivity index (χ3v) is 5.78. The number of H-pyrrole nitrogens is 2. The van der Waals surface area contributed by atoms with Crippen molar-refractivity contribution in [3.63, 3.8) is 0 Å². The average molecular weight is 434 g/mol. The van der Waals surface area contributed by atoms with Crippen molar-refractivity contribution in [3.8, 4) is 11.5 Å². The lowest BCUT2D eigenvalue weighted by molar-refractivity contribution is 0.0953. The Balaban J connectivity index is 1.42. The zero-order valence-corrected chi connectivity index (χ0v) is 18.1. The lowest BCUT2D eigenvalue weighted by Gasteiger charge is -2.28. The summed E-state index contributed by atoms with van der Waals surface area (Å²) in [5, 5.41) is 14.4. The van der Waals surface area contributed by atoms with Gasteiger partial charge in [0.2, 0.25) is 0 Å². The van der Waals surface area contributed by atoms with Crippen LogP contribution in [0.2, 0.25) is 0 Å². The van der Waals surface area contributed by atoms with Crippen molar-refractivity contribution in [2.75, 3.05) is 51.3 Å². The van der Waals surface area contributed by atoms with Gasteiger partial charge in [-0.3, -0.25) is 9.89 Å². The molecule has 1 aliphatic heterocycles. The molecule has 0 atom stereocenters. The number of morpholine rings is 1. The van der Waals surface area contributed by atoms with Gasteiger partial charge in [-0.2, -0.15) is 5.10 Å². The lowest BCUT2D eigenvalue weighted by Crippen LogP contribution is -2.36. The van der Waals surface area contributed by atoms with Gasteiger partial charge in [0.05, 0.1) is 29.8 Å². The van der Waals surface area contributed by atoms with Crippen LogP contribution in [-0.4, -0.2) is 72.5 Å². The van der Waals surface area contributed by atoms with Gasteiger partial charge in [-0.15, -0.1) is 0 Å². The van der Waals surface area contributed by atoms with Gasteiger partial charge in [-0.1, -0.05) is 0 Å². The van der Waals surface area contributed by atoms with Crippen molar-refractivity contribution in [3.05, 3.63) is 42.0 Å². The molecule has 2 aromatic carbocycles. The molecule has 0 saturated carbocycles. The molecular formula is C23H27N7O2. The molecule has 0 bridgehead atoms. The van der Waals surface area contributed by atoms with E-state index in [1.165, 1.54) is 0 Å². The van der Waals surface area contributed by atoms with Gasteiger partial charge in [0.25, 0.3) is 5.91 Å². The maximum Gasteiger partial charge on any atom is 0.251 e. The number of hydrogen-bond acceptors (Lipinski definition) is 6. The summed E-state index contributed by atoms with van der Waals surface area (Å²) in [5.41, 5.74) is 5.16. The fourth-order valence-corrected chi connectivity index (χ4v) is 4.03. The molecule has 0 aliphatic carbocycles. The topological polar surface area (TPSA) is 111 Å². The molecule has 1 saturated heterocycles. The van der Waals surface area contributed by atoms with Gasteiger partial charge in [-0.25, -0.2) is 4.98 Å². The van der Waals surface area contributed by atoms with Gasteiger partial charge < -0.3 is 25.3 Å². The zero-order chi connectivity index (χ0) is 21.9. The Morgan fingerprint density at radius 3 is 2.84 bits per heavy atom. The summed E-state index contributed by atoms with van der Waals surface area (Å²) in [6.45, 7) is 4.76. The second kappa shape index (κ2) is 8.97. The molecule has 1 aliphatic rings. The van der Waals surface area contributed by atoms with Crippen LogP contribution in [0.5, 0.6) is 0 Å². The summed E-state index contributed by atoms with van der Waals surface area (Å²) in [5.74, 6) is 0.590. The highest BCUT2D eigenvalue weighted by molar-refractivity contribution is 6.01. The lowest BCUT2D eigenvalue weighted by atomic mass is 10.1. The first kappa shape index (κ1) is 20.5. The number of nitrogens with zero attached hydrogens (tertiary/aromatic N) is 3. The van der Waals surface area contributed by atoms with E-state index in [0.29, 0.717) is 23.6 Å². The number of ether oxygens (including phenoxy) is 1. The maximum atomic E-state index is 12.6. The Kier molecular flexibility index (Phi) is 5.74. The van der Waals surface area contributed by atoms with E-state index in [-0.39, 0.29) is 5.91 Å². The quantitative estimate of drug-likeness (QED) is 0.333. The van der Waals surface area contributed by atoms with Crippen LogP contribution in [0, 0.1) is 0 Å². The predicted octanol–water partition coefficient (Wildman–Crippen LogP) is 2.28. The minimum Gasteiger partial charge on any atom is -0.378 e. The number of carbonyl (C=O) groups is 1. The molecule has 0 radical (unpaired) electrons. The molecule has 2 aromatic heterocycles. The molecule has 9 heteroatoms. The number of anilines is 1. The maximum absolute atomic E-state index is 12.6. The summed E-state index contributed by atoms with van der Waals surface area (Å²) in [7, 11) is 1.90. The van der Waals surface area contributed by atoms with Crippen LogP contribution < -0.4 is 15.5 Å². The molecule has 9 nitrogen and oxygen atoms in total. The Hall–Kier alpha value is -3.43. The highest BCUT2D eigenvalue weighted by Crippen LogP contribution is 2.29. The Morgan fingerprint density at radius 2 is 2.00 bits per heavy atom. The molecule has 3 heterocycles. The zero-order valence-electron chi connectivity index (χ0n) is 18.1. The monoisotopic (exact) mass is 433 g/mol. The first-order valence-electron chi connectivity index (χ1n) is 11.0. The van der Waals surface area contributed by atoms with Gasteiger partial charge in [0, 0.05) is 36.3 Å². The molecule has 0 unspecified atom stereocenters. The number of hydrogen-bond donors (Lipinski definition) is 4. The smallest absolute Gasteiger partial charge is 0.251 e. The number of benzene rings is 2. The van der Waals surface area contributed by atoms with Crippen molar-refractivity contribution in [1.82, 2.24) is 30.8 Å². The number of aromatic amines is 2. The van der Waals surface area contributed by atoms with E-state index in [2.05, 4.69) is 42.8 Å². The fraction of sp³-hybridized carbons (Fsp3) is 0.348. The van der Waals surface area contributed by atoms with E-state index in [4.69, 9.17) is 9.72 Å². The third-order valence-electron chi connectivity index (χ3n) is 5.78. The Morgan fingerprint density at radius 1 is 1.12 bits per heavy atom. The molecule has 0 spiro atoms. The second-order valence-electron chi connectivity index (χ2n) is 7.93. The summed E-state index contributed by atoms with van der Waals surface area (Å²) in [6.07, 6.45) is 0.882. The molecule has 1 fully saturated rings. The van der Waals surface area contributed by atoms with Crippen molar-refractivity contribution in [1.29, 1.82) is 0 Å². The number of carbonyl (C=O) groups excluding carboxylic acids is 1. The molecule has 32 heavy (non-hydrogen) atoms. The molecule has 166 valence electrons. The van der Waals surface area contributed by atoms with E-state index >= 15 is 0 Å². The Bertz CT molecular complexity index is 1240. The summed E-state index contributed by atoms with van der Waals surface area (Å²) in [6, 6.07) is 11.8. The van der Waals surface area contributed by atoms with Gasteiger partial charge >= 0.3 is 0 Å². The van der Waals surface area contributed by atoms with Crippen molar-refractivity contribution in [2.24, 2.45) is 0 Å². The first-order chi connectivity index (χ1) is 15.7. The highest BCUT2D eigenvalue weighted by atomic mass is 16.5. The van der Waals surface area contributed by atoms with E-state index in [1.807, 2.05) is 31.3 Å². The number of imidazole rings is 1. The SMILES string of the molecule is CNCCCNC(=O)c1ccc2[nH]nc(-c3nc4ccc(N5CCOCC5)cc4[nH]3)c2c1. The van der Waals surface area contributed by atoms with Gasteiger partial charge in [-0.05, 0) is 56.4 Å². The van der Waals surface area contributed by atoms with Crippen LogP contribution >= 0.6 is 0 Å². The van der Waals surface area contributed by atoms with Crippen LogP contribution in [0.3, 0.4) is 0 Å². The van der Waals surface area contributed by atoms with E-state index < -0.39 is 0 Å². The van der Waals surface area contributed by atoms with E-state index in [1.54, 1.807) is 0 Å². The fourth-order valence-electron chi connectivity index (χ4n) is 4.03. The molecular weight excluding hydrogens is 406 g/mol. The largest absolute Gasteiger partial charge is 0.378 e. The molecule has 4 aromatic rings. The first-order valence-corrected chi connectivity index (χ1v) is 11.0. The van der Waals surface area contributed by atoms with Crippen molar-refractivity contribution in [2.45, 2.75) is 6.42 Å². The second-order valence-corrected chi connectivity index (χ2v) is 7.93. The summed E-state index contributed by atoms with van der Waals surface area (Å²) >= 11 is 0. The number of aromatic nitrogens is 4. The molecule has 1 amide bonds. The number of fused-ring (bicyclic) bond motifs is 2. The standard InChI is InChI=1S/C23H27N7O2/c1-24-7-2-8-25-23(31)15-3-5-18-17(13-15)21(29-28-18)22-26-19-6-4-16(14-20(19)27-22)30-9-11-32-12-10-30/h3-6,13-14,24H,2,7-12H2,1H3,(H,25,31)(H,26,27)(H,28,29). The summed E-state index contributed by atoms with van der Waals surface area (Å²) < 4.78 is 5.46. The minimum atomic E-state index is -0.0880. The van der Waals surface area contributed by atoms with Crippen LogP contribution in [0.25, 0.3) is 33.5 Å². The third kappa shape index (κ3) is 4.04. The van der Waals surface area contributed by atoms with Crippen LogP contribution in [-0.2, 0) is 4.74 Å². The van der Waals surface area contributed by atoms with E-state index in [0.717, 1.165) is 66.9 Å². The molecule has 4 N–H and O–H groups in total. The number of rotatable bonds is 7. The van der Waals surface area contributed by atoms with Crippen LogP contribution in [0.4, 0.5) is 5.69 Å². The van der Waals surface area contributed by atoms with Crippen LogP contribution in [0.15, 0.2) is 36.4 Å². The molecule has 5 rings (SSSR count). The Labute approximate surface area is 185 Å². The highest BCUT2D eigenvalue weighted by Gasteiger charge is 2.17. The number of nitrogens with one attached hydrogen (secondary N) is 4. The van der Waals surface area contributed by atoms with Crippen molar-refractivity contribution < 1.29 is 9.53 Å². The summed E-state index contributed by atoms with van der Waals surface area (Å²) in [4.78, 5) is 23.0. The number of amides is 1. The average Bonchev–Trinajstić information content (AvgIpc) is 3.45. The minimum absolute atomic E-state index is 0.0880. The predicted molar refractivity (Wildman–Crippen MR) is 125 cm³/mol. The van der Waals surface area contributed by atoms with E-state index in [9.17, 15) is 4.79 Å². The van der Waals surface area contributed by atoms with Gasteiger partial charge in [0.1, 0.15) is 5.69 Å². The van der Waals surface area contributed by atoms with Crippen LogP contribution in [0.1, 0.15) is 16.8 Å². The normalized spacial score (nSPS) is 14.3.